The summed E-state index contributed by atoms with van der Waals surface area (Å²) in [4.78, 5) is 48.3. The number of nitrogens with zero attached hydrogens (tertiary/aromatic N) is 4. The van der Waals surface area contributed by atoms with Crippen molar-refractivity contribution in [1.82, 2.24) is 5.16 Å². The number of halogens is 3. The Hall–Kier alpha value is -1.35. The van der Waals surface area contributed by atoms with Gasteiger partial charge in [-0.1, -0.05) is 5.16 Å². The molecule has 176 valence electrons. The molecular weight excluding hydrogens is 518 g/mol. The molecular formula is C18H14F3N4Na2O7P. The Morgan fingerprint density at radius 3 is 2.49 bits per heavy atom. The van der Waals surface area contributed by atoms with Gasteiger partial charge in [-0.25, -0.2) is 18.0 Å². The van der Waals surface area contributed by atoms with E-state index in [1.165, 1.54) is 0 Å². The van der Waals surface area contributed by atoms with Gasteiger partial charge in [0, 0.05) is 39.0 Å². The molecule has 11 nitrogen and oxygen atoms in total. The minimum absolute atomic E-state index is 0. The zero-order valence-electron chi connectivity index (χ0n) is 18.5. The molecule has 1 amide bonds. The summed E-state index contributed by atoms with van der Waals surface area (Å²) in [7, 11) is -5.41. The van der Waals surface area contributed by atoms with Gasteiger partial charge < -0.3 is 33.2 Å². The number of hydrogen-bond acceptors (Lipinski definition) is 9. The van der Waals surface area contributed by atoms with Crippen molar-refractivity contribution < 1.29 is 105 Å². The third kappa shape index (κ3) is 6.32. The molecule has 0 radical (unpaired) electrons. The Balaban J connectivity index is 0.00000216. The van der Waals surface area contributed by atoms with Crippen LogP contribution in [0.2, 0.25) is 0 Å². The molecule has 1 aromatic carbocycles. The zero-order chi connectivity index (χ0) is 23.9. The van der Waals surface area contributed by atoms with Gasteiger partial charge in [0.1, 0.15) is 18.1 Å². The summed E-state index contributed by atoms with van der Waals surface area (Å²) >= 11 is 0. The number of carbonyl (C=O) groups excluding carboxylic acids is 2. The van der Waals surface area contributed by atoms with Gasteiger partial charge in [0.15, 0.2) is 29.1 Å². The van der Waals surface area contributed by atoms with Crippen LogP contribution in [0.25, 0.3) is 0 Å². The number of carbonyl (C=O) groups is 2. The molecule has 35 heavy (non-hydrogen) atoms. The Morgan fingerprint density at radius 2 is 1.91 bits per heavy atom. The Morgan fingerprint density at radius 1 is 1.20 bits per heavy atom. The first kappa shape index (κ1) is 29.9. The average molecular weight is 532 g/mol. The molecule has 1 aromatic heterocycles. The van der Waals surface area contributed by atoms with Gasteiger partial charge in [-0.05, 0) is 6.08 Å². The molecule has 0 bridgehead atoms. The fraction of sp³-hybridized carbons (Fsp3) is 0.278. The van der Waals surface area contributed by atoms with E-state index in [0.717, 1.165) is 29.5 Å². The summed E-state index contributed by atoms with van der Waals surface area (Å²) in [6.45, 7) is -1.27. The number of cyclic esters (lactones) is 1. The SMILES string of the molecule is O=C1C=CN(c2c(F)cc(N3C[C@H](CN(c4ccon4)P(=O)([O-])[O-])OC3=O)c(F)c2F)CC1.[Na+].[Na+]. The van der Waals surface area contributed by atoms with E-state index in [0.29, 0.717) is 15.6 Å². The van der Waals surface area contributed by atoms with Gasteiger partial charge in [-0.15, -0.1) is 0 Å². The smallest absolute Gasteiger partial charge is 0.795 e. The van der Waals surface area contributed by atoms with Crippen LogP contribution in [-0.4, -0.2) is 42.8 Å². The molecule has 4 rings (SSSR count). The number of hydrogen-bond donors (Lipinski definition) is 0. The van der Waals surface area contributed by atoms with E-state index in [-0.39, 0.29) is 83.7 Å². The van der Waals surface area contributed by atoms with Crippen LogP contribution in [0.4, 0.5) is 35.2 Å². The van der Waals surface area contributed by atoms with Crippen LogP contribution < -0.4 is 83.4 Å². The Bertz CT molecular complexity index is 1180. The topological polar surface area (TPSA) is 142 Å². The van der Waals surface area contributed by atoms with Crippen LogP contribution in [-0.2, 0) is 14.1 Å². The first-order chi connectivity index (χ1) is 15.6. The number of rotatable bonds is 6. The van der Waals surface area contributed by atoms with E-state index >= 15 is 0 Å². The predicted octanol–water partition coefficient (Wildman–Crippen LogP) is -4.95. The molecule has 0 N–H and O–H groups in total. The first-order valence-electron chi connectivity index (χ1n) is 9.40. The summed E-state index contributed by atoms with van der Waals surface area (Å²) in [6.07, 6.45) is 0.717. The average Bonchev–Trinajstić information content (AvgIpc) is 3.39. The molecule has 1 atom stereocenters. The molecule has 0 aliphatic carbocycles. The zero-order valence-corrected chi connectivity index (χ0v) is 23.4. The molecule has 17 heteroatoms. The second-order valence-electron chi connectivity index (χ2n) is 7.10. The summed E-state index contributed by atoms with van der Waals surface area (Å²) in [5, 5.41) is 3.35. The molecule has 2 aliphatic rings. The largest absolute Gasteiger partial charge is 1.00 e. The van der Waals surface area contributed by atoms with E-state index in [4.69, 9.17) is 4.74 Å². The standard InChI is InChI=1S/C18H16F3N4O7P.2Na/c19-12-7-13(15(20)16(21)17(12)23-4-1-10(26)2-5-23)24-8-11(32-18(24)27)9-25(33(28,29)30)14-3-6-31-22-14;;/h1,3-4,6-7,11H,2,5,8-9H2,(H2,28,29,30);;/q;2*+1/p-2/t11-;;/m1../s1. The molecule has 0 saturated carbocycles. The minimum Gasteiger partial charge on any atom is -0.795 e. The van der Waals surface area contributed by atoms with Gasteiger partial charge in [0.05, 0.1) is 18.8 Å². The van der Waals surface area contributed by atoms with Crippen LogP contribution in [0.1, 0.15) is 6.42 Å². The molecule has 1 fully saturated rings. The number of ether oxygens (including phenoxy) is 1. The number of anilines is 3. The Kier molecular flexibility index (Phi) is 10.1. The van der Waals surface area contributed by atoms with Crippen molar-refractivity contribution in [2.75, 3.05) is 34.1 Å². The molecule has 3 heterocycles. The van der Waals surface area contributed by atoms with Crippen molar-refractivity contribution in [3.05, 3.63) is 48.1 Å². The van der Waals surface area contributed by atoms with Crippen LogP contribution in [0, 0.1) is 17.5 Å². The van der Waals surface area contributed by atoms with Gasteiger partial charge in [-0.3, -0.25) is 9.69 Å². The second-order valence-corrected chi connectivity index (χ2v) is 8.52. The summed E-state index contributed by atoms with van der Waals surface area (Å²) < 4.78 is 65.6. The van der Waals surface area contributed by atoms with Crippen molar-refractivity contribution in [3.8, 4) is 0 Å². The van der Waals surface area contributed by atoms with Crippen LogP contribution in [0.3, 0.4) is 0 Å². The fourth-order valence-corrected chi connectivity index (χ4v) is 4.18. The molecule has 0 spiro atoms. The molecule has 2 aliphatic heterocycles. The van der Waals surface area contributed by atoms with Gasteiger partial charge >= 0.3 is 65.2 Å². The van der Waals surface area contributed by atoms with E-state index in [9.17, 15) is 37.1 Å². The number of benzene rings is 1. The van der Waals surface area contributed by atoms with Gasteiger partial charge in [-0.2, -0.15) is 0 Å². The molecule has 1 saturated heterocycles. The van der Waals surface area contributed by atoms with Crippen molar-refractivity contribution in [1.29, 1.82) is 0 Å². The van der Waals surface area contributed by atoms with E-state index in [2.05, 4.69) is 9.68 Å². The number of amides is 1. The van der Waals surface area contributed by atoms with Gasteiger partial charge in [0.2, 0.25) is 0 Å². The number of ketones is 1. The van der Waals surface area contributed by atoms with Crippen LogP contribution >= 0.6 is 7.75 Å². The van der Waals surface area contributed by atoms with E-state index < -0.39 is 61.9 Å². The third-order valence-electron chi connectivity index (χ3n) is 4.97. The quantitative estimate of drug-likeness (QED) is 0.202. The van der Waals surface area contributed by atoms with Crippen molar-refractivity contribution in [2.24, 2.45) is 0 Å². The summed E-state index contributed by atoms with van der Waals surface area (Å²) in [6, 6.07) is 1.67. The van der Waals surface area contributed by atoms with E-state index in [1.807, 2.05) is 0 Å². The monoisotopic (exact) mass is 532 g/mol. The number of allylic oxidation sites excluding steroid dienone is 1. The van der Waals surface area contributed by atoms with Gasteiger partial charge in [0.25, 0.3) is 0 Å². The predicted molar refractivity (Wildman–Crippen MR) is 101 cm³/mol. The van der Waals surface area contributed by atoms with Crippen LogP contribution in [0.15, 0.2) is 35.2 Å². The maximum absolute atomic E-state index is 14.8. The summed E-state index contributed by atoms with van der Waals surface area (Å²) in [5.74, 6) is -4.96. The fourth-order valence-electron chi connectivity index (χ4n) is 3.45. The normalized spacial score (nSPS) is 17.7. The van der Waals surface area contributed by atoms with E-state index in [1.54, 1.807) is 0 Å². The van der Waals surface area contributed by atoms with Crippen molar-refractivity contribution in [3.63, 3.8) is 0 Å². The molecule has 2 aromatic rings. The Labute approximate surface area is 240 Å². The minimum atomic E-state index is -5.41. The molecule has 0 unspecified atom stereocenters. The maximum atomic E-state index is 14.8. The van der Waals surface area contributed by atoms with Crippen molar-refractivity contribution in [2.45, 2.75) is 12.5 Å². The van der Waals surface area contributed by atoms with Crippen molar-refractivity contribution >= 4 is 36.8 Å². The van der Waals surface area contributed by atoms with Crippen LogP contribution in [0.5, 0.6) is 0 Å². The first-order valence-corrected chi connectivity index (χ1v) is 10.9. The number of aromatic nitrogens is 1. The second kappa shape index (κ2) is 11.8. The summed E-state index contributed by atoms with van der Waals surface area (Å²) in [5.41, 5.74) is -1.52. The third-order valence-corrected chi connectivity index (χ3v) is 5.93. The maximum Gasteiger partial charge on any atom is 1.00 e.